The van der Waals surface area contributed by atoms with Crippen LogP contribution < -0.4 is 27.0 Å². The summed E-state index contributed by atoms with van der Waals surface area (Å²) in [5.74, 6) is 0.212. The van der Waals surface area contributed by atoms with Crippen LogP contribution in [0.2, 0.25) is 0 Å². The Kier molecular flexibility index (Phi) is 11.1. The monoisotopic (exact) mass is 779 g/mol. The molecule has 0 aromatic carbocycles. The SMILES string of the molecule is Nc1ncnc2c1ncn2C1OC(COP([O-])(=S)OCC(N)COP([O-])(=S)OCC2OC(n3cnc4c(N)ncnc43)C(O)C2O)C(O)C1O. The Labute approximate surface area is 291 Å². The summed E-state index contributed by atoms with van der Waals surface area (Å²) in [5, 5.41) is 42.2. The molecule has 0 radical (unpaired) electrons. The number of nitrogen functional groups attached to an aromatic ring is 2. The quantitative estimate of drug-likeness (QED) is 0.0594. The van der Waals surface area contributed by atoms with Gasteiger partial charge in [-0.3, -0.25) is 9.13 Å². The molecular weight excluding hydrogens is 748 g/mol. The molecule has 4 aromatic heterocycles. The van der Waals surface area contributed by atoms with Gasteiger partial charge in [-0.25, -0.2) is 29.9 Å². The molecule has 0 saturated carbocycles. The van der Waals surface area contributed by atoms with Crippen molar-refractivity contribution in [2.45, 2.75) is 55.1 Å². The molecule has 10 unspecified atom stereocenters. The first-order valence-corrected chi connectivity index (χ1v) is 19.6. The third-order valence-corrected chi connectivity index (χ3v) is 10.8. The topological polar surface area (TPSA) is 348 Å². The van der Waals surface area contributed by atoms with Crippen molar-refractivity contribution in [2.24, 2.45) is 5.73 Å². The van der Waals surface area contributed by atoms with E-state index in [2.05, 4.69) is 29.9 Å². The van der Waals surface area contributed by atoms with Crippen molar-refractivity contribution in [3.8, 4) is 0 Å². The van der Waals surface area contributed by atoms with Crippen molar-refractivity contribution < 1.29 is 57.8 Å². The maximum atomic E-state index is 12.7. The summed E-state index contributed by atoms with van der Waals surface area (Å²) < 4.78 is 34.8. The van der Waals surface area contributed by atoms with E-state index in [0.717, 1.165) is 0 Å². The number of aliphatic hydroxyl groups is 4. The number of ether oxygens (including phenoxy) is 2. The molecular formula is C23H31N11O12P2S2-2. The van der Waals surface area contributed by atoms with E-state index in [1.165, 1.54) is 34.4 Å². The van der Waals surface area contributed by atoms with Gasteiger partial charge in [0, 0.05) is 0 Å². The van der Waals surface area contributed by atoms with Gasteiger partial charge in [-0.15, -0.1) is 0 Å². The van der Waals surface area contributed by atoms with Crippen molar-refractivity contribution in [2.75, 3.05) is 37.9 Å². The Hall–Kier alpha value is -2.52. The van der Waals surface area contributed by atoms with E-state index in [0.29, 0.717) is 0 Å². The Balaban J connectivity index is 0.940. The number of fused-ring (bicyclic) bond motifs is 2. The number of nitrogens with zero attached hydrogens (tertiary/aromatic N) is 8. The molecule has 10 atom stereocenters. The highest BCUT2D eigenvalue weighted by molar-refractivity contribution is 8.06. The highest BCUT2D eigenvalue weighted by Crippen LogP contribution is 2.43. The Morgan fingerprint density at radius 3 is 1.50 bits per heavy atom. The maximum Gasteiger partial charge on any atom is 0.167 e. The first kappa shape index (κ1) is 37.2. The molecule has 6 rings (SSSR count). The molecule has 0 spiro atoms. The van der Waals surface area contributed by atoms with Gasteiger partial charge < -0.3 is 75.0 Å². The van der Waals surface area contributed by atoms with Crippen molar-refractivity contribution in [1.29, 1.82) is 0 Å². The minimum absolute atomic E-state index is 0.106. The molecule has 2 aliphatic heterocycles. The lowest BCUT2D eigenvalue weighted by atomic mass is 10.1. The Morgan fingerprint density at radius 1 is 0.700 bits per heavy atom. The fraction of sp³-hybridized carbons (Fsp3) is 0.565. The molecule has 0 aliphatic carbocycles. The molecule has 6 heterocycles. The number of imidazole rings is 2. The van der Waals surface area contributed by atoms with Crippen LogP contribution >= 0.6 is 13.4 Å². The van der Waals surface area contributed by atoms with Crippen LogP contribution in [0.25, 0.3) is 22.3 Å². The van der Waals surface area contributed by atoms with Crippen LogP contribution in [0.15, 0.2) is 25.3 Å². The average Bonchev–Trinajstić information content (AvgIpc) is 3.84. The standard InChI is InChI=1S/C23H33N11O12P2S2/c24-9(1-41-47(39,49)43-3-10-14(35)16(37)22(45-10)33-7-31-12-18(25)27-5-29-20(12)33)2-42-48(40,50)44-4-11-15(36)17(38)23(46-11)34-8-32-13-19(26)28-6-30-21(13)34/h5-11,14-17,22-23,35-38H,1-4,24H2,(H,39,49)(H,40,50)(H2,25,27,29)(H2,26,28,30)/p-2. The minimum Gasteiger partial charge on any atom is -0.780 e. The van der Waals surface area contributed by atoms with Gasteiger partial charge in [-0.1, -0.05) is 23.6 Å². The molecule has 2 aliphatic rings. The van der Waals surface area contributed by atoms with Crippen LogP contribution in [0.1, 0.15) is 12.5 Å². The largest absolute Gasteiger partial charge is 0.780 e. The van der Waals surface area contributed by atoms with Gasteiger partial charge in [0.25, 0.3) is 0 Å². The predicted octanol–water partition coefficient (Wildman–Crippen LogP) is -4.37. The van der Waals surface area contributed by atoms with Crippen LogP contribution in [-0.4, -0.2) is 129 Å². The second-order valence-electron chi connectivity index (χ2n) is 11.1. The average molecular weight is 780 g/mol. The maximum absolute atomic E-state index is 12.7. The van der Waals surface area contributed by atoms with Crippen LogP contribution in [0.4, 0.5) is 11.6 Å². The van der Waals surface area contributed by atoms with Crippen molar-refractivity contribution in [3.63, 3.8) is 0 Å². The fourth-order valence-corrected chi connectivity index (χ4v) is 7.42. The normalized spacial score (nSPS) is 30.1. The summed E-state index contributed by atoms with van der Waals surface area (Å²) in [7, 11) is 0. The summed E-state index contributed by atoms with van der Waals surface area (Å²) in [6.45, 7) is -10.5. The van der Waals surface area contributed by atoms with Crippen LogP contribution in [0.5, 0.6) is 0 Å². The second-order valence-corrected chi connectivity index (χ2v) is 16.6. The van der Waals surface area contributed by atoms with Crippen LogP contribution in [0.3, 0.4) is 0 Å². The van der Waals surface area contributed by atoms with Gasteiger partial charge >= 0.3 is 0 Å². The molecule has 23 nitrogen and oxygen atoms in total. The predicted molar refractivity (Wildman–Crippen MR) is 172 cm³/mol. The van der Waals surface area contributed by atoms with Gasteiger partial charge in [0.05, 0.1) is 45.1 Å². The van der Waals surface area contributed by atoms with E-state index in [-0.39, 0.29) is 34.0 Å². The molecule has 27 heteroatoms. The van der Waals surface area contributed by atoms with Gasteiger partial charge in [0.1, 0.15) is 73.7 Å². The lowest BCUT2D eigenvalue weighted by molar-refractivity contribution is -0.212. The lowest BCUT2D eigenvalue weighted by Gasteiger charge is -2.32. The fourth-order valence-electron chi connectivity index (χ4n) is 5.13. The summed E-state index contributed by atoms with van der Waals surface area (Å²) in [6, 6.07) is -1.07. The van der Waals surface area contributed by atoms with Crippen molar-refractivity contribution in [3.05, 3.63) is 25.3 Å². The first-order valence-electron chi connectivity index (χ1n) is 14.5. The van der Waals surface area contributed by atoms with E-state index in [4.69, 9.17) is 68.4 Å². The number of anilines is 2. The molecule has 4 aromatic rings. The zero-order chi connectivity index (χ0) is 36.0. The molecule has 0 bridgehead atoms. The molecule has 2 fully saturated rings. The smallest absolute Gasteiger partial charge is 0.167 e. The van der Waals surface area contributed by atoms with E-state index >= 15 is 0 Å². The molecule has 274 valence electrons. The van der Waals surface area contributed by atoms with Crippen LogP contribution in [-0.2, 0) is 51.2 Å². The number of rotatable bonds is 14. The number of aromatic nitrogens is 8. The minimum atomic E-state index is -4.22. The highest BCUT2D eigenvalue weighted by atomic mass is 32.5. The zero-order valence-electron chi connectivity index (χ0n) is 25.4. The third kappa shape index (κ3) is 7.79. The van der Waals surface area contributed by atoms with Crippen molar-refractivity contribution >= 4 is 71.0 Å². The van der Waals surface area contributed by atoms with Gasteiger partial charge in [0.2, 0.25) is 0 Å². The number of nitrogens with two attached hydrogens (primary N) is 3. The summed E-state index contributed by atoms with van der Waals surface area (Å²) in [5.41, 5.74) is 18.5. The van der Waals surface area contributed by atoms with E-state index in [1.54, 1.807) is 0 Å². The number of hydrogen-bond donors (Lipinski definition) is 7. The van der Waals surface area contributed by atoms with Gasteiger partial charge in [-0.05, 0) is 0 Å². The lowest BCUT2D eigenvalue weighted by Crippen LogP contribution is -2.35. The van der Waals surface area contributed by atoms with Crippen molar-refractivity contribution in [1.82, 2.24) is 39.0 Å². The van der Waals surface area contributed by atoms with E-state index < -0.39 is 95.0 Å². The Bertz CT molecular complexity index is 1790. The van der Waals surface area contributed by atoms with Crippen LogP contribution in [0, 0.1) is 0 Å². The summed E-state index contributed by atoms with van der Waals surface area (Å²) in [4.78, 5) is 49.5. The second kappa shape index (κ2) is 14.8. The summed E-state index contributed by atoms with van der Waals surface area (Å²) >= 11 is 9.79. The first-order chi connectivity index (χ1) is 23.7. The molecule has 50 heavy (non-hydrogen) atoms. The van der Waals surface area contributed by atoms with Gasteiger partial charge in [-0.2, -0.15) is 0 Å². The molecule has 0 amide bonds. The van der Waals surface area contributed by atoms with Gasteiger partial charge in [0.15, 0.2) is 35.4 Å². The molecule has 2 saturated heterocycles. The Morgan fingerprint density at radius 2 is 1.10 bits per heavy atom. The van der Waals surface area contributed by atoms with E-state index in [1.807, 2.05) is 0 Å². The number of aliphatic hydroxyl groups excluding tert-OH is 4. The summed E-state index contributed by atoms with van der Waals surface area (Å²) in [6.07, 6.45) is -5.51. The molecule has 10 N–H and O–H groups in total. The van der Waals surface area contributed by atoms with E-state index in [9.17, 15) is 30.2 Å². The third-order valence-electron chi connectivity index (χ3n) is 7.68. The number of hydrogen-bond acceptors (Lipinski definition) is 23. The highest BCUT2D eigenvalue weighted by Gasteiger charge is 2.46. The zero-order valence-corrected chi connectivity index (χ0v) is 28.8.